The molecule has 0 saturated heterocycles. The predicted octanol–water partition coefficient (Wildman–Crippen LogP) is 0.641. The van der Waals surface area contributed by atoms with E-state index in [-0.39, 0.29) is 5.75 Å². The molecular formula is C9H14N2O2S. The molecule has 1 aromatic rings. The Bertz CT molecular complexity index is 401. The molecule has 78 valence electrons. The highest BCUT2D eigenvalue weighted by Gasteiger charge is 2.02. The lowest BCUT2D eigenvalue weighted by Gasteiger charge is -2.01. The smallest absolute Gasteiger partial charge is 0.147 e. The van der Waals surface area contributed by atoms with Crippen LogP contribution in [-0.2, 0) is 16.3 Å². The average Bonchev–Trinajstić information content (AvgIpc) is 2.01. The number of hydrogen-bond acceptors (Lipinski definition) is 4. The van der Waals surface area contributed by atoms with Gasteiger partial charge in [-0.25, -0.2) is 13.4 Å². The molecule has 0 atom stereocenters. The van der Waals surface area contributed by atoms with Crippen LogP contribution < -0.4 is 5.73 Å². The molecule has 0 aliphatic heterocycles. The van der Waals surface area contributed by atoms with Crippen molar-refractivity contribution in [3.8, 4) is 0 Å². The van der Waals surface area contributed by atoms with Crippen molar-refractivity contribution in [2.45, 2.75) is 12.8 Å². The molecule has 0 spiro atoms. The standard InChI is InChI=1S/C9H14N2O2S/c1-14(12,13)6-2-3-8-4-5-11-9(10)7-8/h4-5,7H,2-3,6H2,1H3,(H2,10,11). The molecule has 4 nitrogen and oxygen atoms in total. The third-order valence-corrected chi connectivity index (χ3v) is 2.86. The lowest BCUT2D eigenvalue weighted by Crippen LogP contribution is -2.04. The summed E-state index contributed by atoms with van der Waals surface area (Å²) in [7, 11) is -2.85. The molecule has 0 saturated carbocycles. The van der Waals surface area contributed by atoms with Crippen molar-refractivity contribution in [1.29, 1.82) is 0 Å². The van der Waals surface area contributed by atoms with Gasteiger partial charge in [-0.2, -0.15) is 0 Å². The van der Waals surface area contributed by atoms with E-state index in [1.54, 1.807) is 12.3 Å². The van der Waals surface area contributed by atoms with Crippen LogP contribution in [0.15, 0.2) is 18.3 Å². The van der Waals surface area contributed by atoms with Gasteiger partial charge >= 0.3 is 0 Å². The number of anilines is 1. The summed E-state index contributed by atoms with van der Waals surface area (Å²) in [6.45, 7) is 0. The van der Waals surface area contributed by atoms with Crippen LogP contribution in [0.1, 0.15) is 12.0 Å². The summed E-state index contributed by atoms with van der Waals surface area (Å²) in [4.78, 5) is 3.86. The molecular weight excluding hydrogens is 200 g/mol. The van der Waals surface area contributed by atoms with Gasteiger partial charge in [0.25, 0.3) is 0 Å². The molecule has 0 aliphatic rings. The molecule has 5 heteroatoms. The Morgan fingerprint density at radius 3 is 2.79 bits per heavy atom. The minimum atomic E-state index is -2.85. The van der Waals surface area contributed by atoms with E-state index in [1.807, 2.05) is 6.07 Å². The molecule has 0 bridgehead atoms. The first kappa shape index (κ1) is 11.0. The zero-order valence-corrected chi connectivity index (χ0v) is 8.92. The lowest BCUT2D eigenvalue weighted by molar-refractivity contribution is 0.599. The molecule has 0 unspecified atom stereocenters. The van der Waals surface area contributed by atoms with Crippen LogP contribution in [0.25, 0.3) is 0 Å². The van der Waals surface area contributed by atoms with Crippen LogP contribution in [0.5, 0.6) is 0 Å². The Hall–Kier alpha value is -1.10. The van der Waals surface area contributed by atoms with Gasteiger partial charge in [-0.1, -0.05) is 0 Å². The molecule has 1 aromatic heterocycles. The number of rotatable bonds is 4. The minimum Gasteiger partial charge on any atom is -0.384 e. The van der Waals surface area contributed by atoms with Gasteiger partial charge in [-0.3, -0.25) is 0 Å². The van der Waals surface area contributed by atoms with Crippen LogP contribution in [0.2, 0.25) is 0 Å². The summed E-state index contributed by atoms with van der Waals surface area (Å²) < 4.78 is 21.7. The normalized spacial score (nSPS) is 11.5. The zero-order chi connectivity index (χ0) is 10.6. The number of nitrogens with two attached hydrogens (primary N) is 1. The largest absolute Gasteiger partial charge is 0.384 e. The molecule has 14 heavy (non-hydrogen) atoms. The summed E-state index contributed by atoms with van der Waals surface area (Å²) in [5, 5.41) is 0. The monoisotopic (exact) mass is 214 g/mol. The molecule has 0 aliphatic carbocycles. The summed E-state index contributed by atoms with van der Waals surface area (Å²) in [5.41, 5.74) is 6.52. The van der Waals surface area contributed by atoms with Gasteiger partial charge in [0.2, 0.25) is 0 Å². The van der Waals surface area contributed by atoms with Gasteiger partial charge in [-0.15, -0.1) is 0 Å². The Kier molecular flexibility index (Phi) is 3.46. The highest BCUT2D eigenvalue weighted by molar-refractivity contribution is 7.90. The second kappa shape index (κ2) is 4.41. The molecule has 0 fully saturated rings. The fourth-order valence-electron chi connectivity index (χ4n) is 1.19. The van der Waals surface area contributed by atoms with Gasteiger partial charge in [0, 0.05) is 12.5 Å². The maximum atomic E-state index is 10.9. The van der Waals surface area contributed by atoms with Crippen LogP contribution in [0.3, 0.4) is 0 Å². The van der Waals surface area contributed by atoms with Crippen molar-refractivity contribution in [3.63, 3.8) is 0 Å². The van der Waals surface area contributed by atoms with Gasteiger partial charge in [0.1, 0.15) is 15.7 Å². The third kappa shape index (κ3) is 4.23. The maximum Gasteiger partial charge on any atom is 0.147 e. The van der Waals surface area contributed by atoms with Crippen LogP contribution in [0, 0.1) is 0 Å². The molecule has 1 heterocycles. The highest BCUT2D eigenvalue weighted by Crippen LogP contribution is 2.06. The third-order valence-electron chi connectivity index (χ3n) is 1.83. The molecule has 1 rings (SSSR count). The predicted molar refractivity (Wildman–Crippen MR) is 56.7 cm³/mol. The number of hydrogen-bond donors (Lipinski definition) is 1. The van der Waals surface area contributed by atoms with Crippen molar-refractivity contribution in [1.82, 2.24) is 4.98 Å². The lowest BCUT2D eigenvalue weighted by atomic mass is 10.1. The Balaban J connectivity index is 2.47. The summed E-state index contributed by atoms with van der Waals surface area (Å²) in [5.74, 6) is 0.691. The fraction of sp³-hybridized carbons (Fsp3) is 0.444. The fourth-order valence-corrected chi connectivity index (χ4v) is 1.86. The van der Waals surface area contributed by atoms with Crippen molar-refractivity contribution in [2.24, 2.45) is 0 Å². The van der Waals surface area contributed by atoms with E-state index in [0.29, 0.717) is 12.2 Å². The van der Waals surface area contributed by atoms with Gasteiger partial charge in [0.05, 0.1) is 5.75 Å². The number of nitrogen functional groups attached to an aromatic ring is 1. The number of nitrogens with zero attached hydrogens (tertiary/aromatic N) is 1. The van der Waals surface area contributed by atoms with E-state index in [4.69, 9.17) is 5.73 Å². The Morgan fingerprint density at radius 2 is 2.21 bits per heavy atom. The van der Waals surface area contributed by atoms with Crippen LogP contribution >= 0.6 is 0 Å². The number of aryl methyl sites for hydroxylation is 1. The van der Waals surface area contributed by atoms with Crippen molar-refractivity contribution in [3.05, 3.63) is 23.9 Å². The summed E-state index contributed by atoms with van der Waals surface area (Å²) >= 11 is 0. The van der Waals surface area contributed by atoms with Gasteiger partial charge < -0.3 is 5.73 Å². The molecule has 0 radical (unpaired) electrons. The Labute approximate surface area is 84.1 Å². The van der Waals surface area contributed by atoms with Gasteiger partial charge in [0.15, 0.2) is 0 Å². The van der Waals surface area contributed by atoms with Crippen molar-refractivity contribution >= 4 is 15.7 Å². The second-order valence-electron chi connectivity index (χ2n) is 3.32. The van der Waals surface area contributed by atoms with E-state index in [0.717, 1.165) is 12.0 Å². The Morgan fingerprint density at radius 1 is 1.50 bits per heavy atom. The summed E-state index contributed by atoms with van der Waals surface area (Å²) in [6.07, 6.45) is 4.22. The van der Waals surface area contributed by atoms with E-state index in [2.05, 4.69) is 4.98 Å². The maximum absolute atomic E-state index is 10.9. The van der Waals surface area contributed by atoms with Crippen molar-refractivity contribution < 1.29 is 8.42 Å². The SMILES string of the molecule is CS(=O)(=O)CCCc1ccnc(N)c1. The number of aromatic nitrogens is 1. The second-order valence-corrected chi connectivity index (χ2v) is 5.58. The topological polar surface area (TPSA) is 73.0 Å². The van der Waals surface area contributed by atoms with E-state index in [1.165, 1.54) is 6.26 Å². The molecule has 0 amide bonds. The quantitative estimate of drug-likeness (QED) is 0.798. The van der Waals surface area contributed by atoms with E-state index >= 15 is 0 Å². The van der Waals surface area contributed by atoms with Gasteiger partial charge in [-0.05, 0) is 30.5 Å². The molecule has 2 N–H and O–H groups in total. The number of pyridine rings is 1. The highest BCUT2D eigenvalue weighted by atomic mass is 32.2. The van der Waals surface area contributed by atoms with E-state index in [9.17, 15) is 8.42 Å². The average molecular weight is 214 g/mol. The first-order valence-corrected chi connectivity index (χ1v) is 6.41. The van der Waals surface area contributed by atoms with Crippen LogP contribution in [0.4, 0.5) is 5.82 Å². The first-order chi connectivity index (χ1) is 6.47. The summed E-state index contributed by atoms with van der Waals surface area (Å²) in [6, 6.07) is 3.61. The van der Waals surface area contributed by atoms with E-state index < -0.39 is 9.84 Å². The molecule has 0 aromatic carbocycles. The first-order valence-electron chi connectivity index (χ1n) is 4.35. The van der Waals surface area contributed by atoms with Crippen LogP contribution in [-0.4, -0.2) is 25.4 Å². The van der Waals surface area contributed by atoms with Crippen molar-refractivity contribution in [2.75, 3.05) is 17.7 Å². The zero-order valence-electron chi connectivity index (χ0n) is 8.10. The number of sulfone groups is 1. The minimum absolute atomic E-state index is 0.217.